The third-order valence-electron chi connectivity index (χ3n) is 9.81. The Morgan fingerprint density at radius 1 is 1.07 bits per heavy atom. The number of carbonyl (C=O) groups excluding carboxylic acids is 1. The minimum absolute atomic E-state index is 0.0474. The van der Waals surface area contributed by atoms with Crippen molar-refractivity contribution in [1.82, 2.24) is 4.98 Å². The molecule has 46 heavy (non-hydrogen) atoms. The van der Waals surface area contributed by atoms with Crippen molar-refractivity contribution >= 4 is 21.3 Å². The van der Waals surface area contributed by atoms with E-state index in [1.165, 1.54) is 24.3 Å². The zero-order chi connectivity index (χ0) is 32.7. The Morgan fingerprint density at radius 2 is 1.72 bits per heavy atom. The number of nitrogens with zero attached hydrogens (tertiary/aromatic N) is 3. The van der Waals surface area contributed by atoms with Crippen LogP contribution in [0.3, 0.4) is 0 Å². The monoisotopic (exact) mass is 655 g/mol. The number of anilines is 1. The number of sulfone groups is 1. The van der Waals surface area contributed by atoms with E-state index in [1.807, 2.05) is 4.90 Å². The number of ether oxygens (including phenoxy) is 1. The highest BCUT2D eigenvalue weighted by Crippen LogP contribution is 2.53. The molecule has 0 spiro atoms. The lowest BCUT2D eigenvalue weighted by molar-refractivity contribution is -0.265. The first kappa shape index (κ1) is 32.3. The first-order valence-electron chi connectivity index (χ1n) is 15.6. The molecule has 2 saturated carbocycles. The fraction of sp³-hybridized carbons (Fsp3) is 0.500. The summed E-state index contributed by atoms with van der Waals surface area (Å²) >= 11 is 0. The van der Waals surface area contributed by atoms with E-state index in [2.05, 4.69) is 11.1 Å². The summed E-state index contributed by atoms with van der Waals surface area (Å²) in [5.74, 6) is -1.49. The van der Waals surface area contributed by atoms with Crippen LogP contribution in [-0.2, 0) is 25.0 Å². The molecule has 2 aliphatic carbocycles. The fourth-order valence-electron chi connectivity index (χ4n) is 6.92. The Balaban J connectivity index is 1.45. The molecule has 0 N–H and O–H groups in total. The molecule has 2 heterocycles. The molecular formula is C34H36F3N3O5S. The van der Waals surface area contributed by atoms with Crippen molar-refractivity contribution in [3.8, 4) is 17.3 Å². The zero-order valence-electron chi connectivity index (χ0n) is 25.6. The summed E-state index contributed by atoms with van der Waals surface area (Å²) < 4.78 is 80.8. The van der Waals surface area contributed by atoms with Crippen molar-refractivity contribution in [2.45, 2.75) is 62.6 Å². The van der Waals surface area contributed by atoms with Crippen molar-refractivity contribution < 1.29 is 35.5 Å². The fourth-order valence-corrected chi connectivity index (χ4v) is 8.12. The van der Waals surface area contributed by atoms with Gasteiger partial charge in [0.15, 0.2) is 9.84 Å². The maximum absolute atomic E-state index is 15.1. The standard InChI is InChI=1S/C34H36F3N3O5S/c1-44-33(34(35,36)37,24-7-3-2-4-8-24)31-39-29(23-11-13-25(14-12-23)40-17-19-46(42,43)20-18-40)30(45-31)27-10-6-5-9-26(27)28(41)21-32(22-38)15-16-32/h2-4,7-8,11-14,26-27H,5-6,9-10,15-21H2,1H3/t26-,27-,33?/m1/s1. The molecule has 8 nitrogen and oxygen atoms in total. The molecule has 2 aromatic carbocycles. The van der Waals surface area contributed by atoms with Gasteiger partial charge in [0.05, 0.1) is 23.0 Å². The van der Waals surface area contributed by atoms with Gasteiger partial charge in [-0.1, -0.05) is 55.3 Å². The molecule has 1 aromatic heterocycles. The van der Waals surface area contributed by atoms with Crippen molar-refractivity contribution in [2.75, 3.05) is 36.6 Å². The van der Waals surface area contributed by atoms with Gasteiger partial charge >= 0.3 is 6.18 Å². The summed E-state index contributed by atoms with van der Waals surface area (Å²) in [6.45, 7) is 0.687. The van der Waals surface area contributed by atoms with E-state index in [0.29, 0.717) is 44.3 Å². The minimum Gasteiger partial charge on any atom is -0.441 e. The molecule has 3 atom stereocenters. The predicted molar refractivity (Wildman–Crippen MR) is 165 cm³/mol. The molecule has 12 heteroatoms. The number of ketones is 1. The number of oxazole rings is 1. The Hall–Kier alpha value is -3.69. The van der Waals surface area contributed by atoms with Crippen LogP contribution in [0.4, 0.5) is 18.9 Å². The predicted octanol–water partition coefficient (Wildman–Crippen LogP) is 6.57. The lowest BCUT2D eigenvalue weighted by atomic mass is 9.73. The summed E-state index contributed by atoms with van der Waals surface area (Å²) in [4.78, 5) is 20.2. The van der Waals surface area contributed by atoms with Crippen LogP contribution in [0, 0.1) is 22.7 Å². The van der Waals surface area contributed by atoms with E-state index >= 15 is 13.2 Å². The van der Waals surface area contributed by atoms with Gasteiger partial charge in [-0.2, -0.15) is 18.4 Å². The summed E-state index contributed by atoms with van der Waals surface area (Å²) in [6.07, 6.45) is -0.879. The zero-order valence-corrected chi connectivity index (χ0v) is 26.4. The first-order valence-corrected chi connectivity index (χ1v) is 17.4. The van der Waals surface area contributed by atoms with Gasteiger partial charge in [-0.15, -0.1) is 0 Å². The number of rotatable bonds is 9. The Kier molecular flexibility index (Phi) is 8.52. The molecule has 1 saturated heterocycles. The SMILES string of the molecule is COC(c1ccccc1)(c1nc(-c2ccc(N3CCS(=O)(=O)CC3)cc2)c([C@@H]2CCCC[C@H]2C(=O)CC2(C#N)CC2)o1)C(F)(F)F. The van der Waals surface area contributed by atoms with E-state index in [-0.39, 0.29) is 40.7 Å². The van der Waals surface area contributed by atoms with Gasteiger partial charge in [-0.3, -0.25) is 4.79 Å². The lowest BCUT2D eigenvalue weighted by Gasteiger charge is -2.32. The van der Waals surface area contributed by atoms with Crippen LogP contribution < -0.4 is 4.90 Å². The van der Waals surface area contributed by atoms with Gasteiger partial charge in [-0.05, 0) is 37.8 Å². The largest absolute Gasteiger partial charge is 0.441 e. The molecule has 3 aromatic rings. The maximum Gasteiger partial charge on any atom is 0.430 e. The lowest BCUT2D eigenvalue weighted by Crippen LogP contribution is -2.45. The summed E-state index contributed by atoms with van der Waals surface area (Å²) in [5, 5.41) is 9.64. The van der Waals surface area contributed by atoms with Gasteiger partial charge in [0.25, 0.3) is 5.60 Å². The van der Waals surface area contributed by atoms with Crippen LogP contribution in [0.25, 0.3) is 11.3 Å². The number of hydrogen-bond donors (Lipinski definition) is 0. The maximum atomic E-state index is 15.1. The summed E-state index contributed by atoms with van der Waals surface area (Å²) in [7, 11) is -2.10. The Bertz CT molecular complexity index is 1720. The molecule has 3 aliphatic rings. The molecule has 1 unspecified atom stereocenters. The number of hydrogen-bond acceptors (Lipinski definition) is 8. The van der Waals surface area contributed by atoms with Crippen LogP contribution in [0.2, 0.25) is 0 Å². The third-order valence-corrected chi connectivity index (χ3v) is 11.4. The normalized spacial score (nSPS) is 23.7. The molecule has 3 fully saturated rings. The van der Waals surface area contributed by atoms with Crippen molar-refractivity contribution in [3.63, 3.8) is 0 Å². The van der Waals surface area contributed by atoms with E-state index in [1.54, 1.807) is 30.3 Å². The third kappa shape index (κ3) is 5.95. The van der Waals surface area contributed by atoms with Gasteiger partial charge in [0.1, 0.15) is 17.2 Å². The Labute approximate surface area is 266 Å². The number of aromatic nitrogens is 1. The van der Waals surface area contributed by atoms with Crippen LogP contribution in [0.5, 0.6) is 0 Å². The van der Waals surface area contributed by atoms with Gasteiger partial charge in [0, 0.05) is 55.3 Å². The molecule has 0 bridgehead atoms. The highest BCUT2D eigenvalue weighted by Gasteiger charge is 2.62. The average molecular weight is 656 g/mol. The number of halogens is 3. The van der Waals surface area contributed by atoms with E-state index in [4.69, 9.17) is 9.15 Å². The highest BCUT2D eigenvalue weighted by atomic mass is 32.2. The number of alkyl halides is 3. The summed E-state index contributed by atoms with van der Waals surface area (Å²) in [6, 6.07) is 16.6. The van der Waals surface area contributed by atoms with E-state index < -0.39 is 44.8 Å². The molecule has 6 rings (SSSR count). The van der Waals surface area contributed by atoms with Crippen molar-refractivity contribution in [2.24, 2.45) is 11.3 Å². The molecular weight excluding hydrogens is 619 g/mol. The molecule has 0 amide bonds. The summed E-state index contributed by atoms with van der Waals surface area (Å²) in [5.41, 5.74) is -2.35. The van der Waals surface area contributed by atoms with Crippen LogP contribution in [0.1, 0.15) is 68.1 Å². The van der Waals surface area contributed by atoms with Gasteiger partial charge in [0.2, 0.25) is 5.89 Å². The van der Waals surface area contributed by atoms with Crippen LogP contribution >= 0.6 is 0 Å². The second kappa shape index (κ2) is 12.2. The number of carbonyl (C=O) groups is 1. The van der Waals surface area contributed by atoms with Crippen molar-refractivity contribution in [3.05, 3.63) is 71.8 Å². The van der Waals surface area contributed by atoms with Crippen molar-refractivity contribution in [1.29, 1.82) is 5.26 Å². The smallest absolute Gasteiger partial charge is 0.430 e. The number of nitriles is 1. The van der Waals surface area contributed by atoms with E-state index in [9.17, 15) is 18.5 Å². The van der Waals surface area contributed by atoms with Crippen LogP contribution in [-0.4, -0.2) is 57.1 Å². The first-order chi connectivity index (χ1) is 21.9. The highest BCUT2D eigenvalue weighted by molar-refractivity contribution is 7.91. The molecule has 244 valence electrons. The second-order valence-corrected chi connectivity index (χ2v) is 15.0. The molecule has 0 radical (unpaired) electrons. The number of benzene rings is 2. The number of Topliss-reactive ketones (excluding diaryl/α,β-unsaturated/α-hetero) is 1. The minimum atomic E-state index is -4.95. The van der Waals surface area contributed by atoms with Crippen LogP contribution in [0.15, 0.2) is 59.0 Å². The quantitative estimate of drug-likeness (QED) is 0.255. The van der Waals surface area contributed by atoms with E-state index in [0.717, 1.165) is 25.6 Å². The molecule has 1 aliphatic heterocycles. The number of methoxy groups -OCH3 is 1. The van der Waals surface area contributed by atoms with Gasteiger partial charge < -0.3 is 14.1 Å². The average Bonchev–Trinajstić information content (AvgIpc) is 3.69. The second-order valence-electron chi connectivity index (χ2n) is 12.7. The topological polar surface area (TPSA) is 113 Å². The Morgan fingerprint density at radius 3 is 2.30 bits per heavy atom. The van der Waals surface area contributed by atoms with Gasteiger partial charge in [-0.25, -0.2) is 13.4 Å².